The number of aldehydes is 1. The van der Waals surface area contributed by atoms with Gasteiger partial charge in [-0.1, -0.05) is 96.6 Å². The highest BCUT2D eigenvalue weighted by Gasteiger charge is 1.92. The normalized spacial score (nSPS) is 11.2. The lowest BCUT2D eigenvalue weighted by molar-refractivity contribution is 0.112. The van der Waals surface area contributed by atoms with Gasteiger partial charge in [0.2, 0.25) is 0 Å². The number of hydrogen-bond donors (Lipinski definition) is 0. The van der Waals surface area contributed by atoms with E-state index in [4.69, 9.17) is 11.6 Å². The van der Waals surface area contributed by atoms with Gasteiger partial charge in [-0.2, -0.15) is 0 Å². The molecule has 0 bridgehead atoms. The van der Waals surface area contributed by atoms with Crippen molar-refractivity contribution in [2.24, 2.45) is 0 Å². The predicted molar refractivity (Wildman–Crippen MR) is 108 cm³/mol. The summed E-state index contributed by atoms with van der Waals surface area (Å²) in [5.74, 6) is 0. The molecule has 2 heteroatoms. The van der Waals surface area contributed by atoms with Crippen LogP contribution in [0.25, 0.3) is 24.3 Å². The summed E-state index contributed by atoms with van der Waals surface area (Å²) in [6.45, 7) is 0. The Morgan fingerprint density at radius 1 is 0.480 bits per heavy atom. The minimum atomic E-state index is 0.689. The fraction of sp³-hybridized carbons (Fsp3) is 0. The maximum Gasteiger partial charge on any atom is 0.150 e. The van der Waals surface area contributed by atoms with Gasteiger partial charge in [-0.15, -0.1) is 0 Å². The smallest absolute Gasteiger partial charge is 0.150 e. The number of rotatable bonds is 5. The highest BCUT2D eigenvalue weighted by atomic mass is 35.5. The fourth-order valence-corrected chi connectivity index (χ4v) is 2.49. The Morgan fingerprint density at radius 3 is 1.08 bits per heavy atom. The first-order chi connectivity index (χ1) is 12.2. The van der Waals surface area contributed by atoms with Crippen LogP contribution < -0.4 is 0 Å². The molecular formula is C23H17ClO. The van der Waals surface area contributed by atoms with Crippen LogP contribution in [0, 0.1) is 0 Å². The topological polar surface area (TPSA) is 17.1 Å². The first-order valence-corrected chi connectivity index (χ1v) is 8.38. The SMILES string of the molecule is O=Cc1ccc(/C=C/c2ccc(/C=C/c3ccc(Cl)cc3)cc2)cc1. The lowest BCUT2D eigenvalue weighted by atomic mass is 10.1. The number of carbonyl (C=O) groups is 1. The minimum Gasteiger partial charge on any atom is -0.298 e. The second-order valence-corrected chi connectivity index (χ2v) is 6.11. The summed E-state index contributed by atoms with van der Waals surface area (Å²) in [6.07, 6.45) is 9.09. The molecule has 0 unspecified atom stereocenters. The van der Waals surface area contributed by atoms with Crippen LogP contribution in [0.4, 0.5) is 0 Å². The standard InChI is InChI=1S/C23H17ClO/c24-23-15-13-21(14-16-23)8-7-19-3-1-18(2-4-19)5-6-20-9-11-22(17-25)12-10-20/h1-17H/b6-5+,8-7+. The molecule has 0 fully saturated rings. The van der Waals surface area contributed by atoms with E-state index in [9.17, 15) is 4.79 Å². The van der Waals surface area contributed by atoms with Crippen LogP contribution >= 0.6 is 11.6 Å². The molecule has 0 radical (unpaired) electrons. The monoisotopic (exact) mass is 344 g/mol. The van der Waals surface area contributed by atoms with Crippen molar-refractivity contribution in [2.45, 2.75) is 0 Å². The van der Waals surface area contributed by atoms with Gasteiger partial charge in [0.25, 0.3) is 0 Å². The molecule has 1 nitrogen and oxygen atoms in total. The molecule has 0 atom stereocenters. The fourth-order valence-electron chi connectivity index (χ4n) is 2.36. The zero-order valence-corrected chi connectivity index (χ0v) is 14.4. The predicted octanol–water partition coefficient (Wildman–Crippen LogP) is 6.49. The van der Waals surface area contributed by atoms with Crippen LogP contribution in [0.3, 0.4) is 0 Å². The Morgan fingerprint density at radius 2 is 0.760 bits per heavy atom. The zero-order chi connectivity index (χ0) is 17.5. The molecule has 0 spiro atoms. The summed E-state index contributed by atoms with van der Waals surface area (Å²) < 4.78 is 0. The van der Waals surface area contributed by atoms with Crippen molar-refractivity contribution in [2.75, 3.05) is 0 Å². The summed E-state index contributed by atoms with van der Waals surface area (Å²) in [7, 11) is 0. The molecule has 0 saturated heterocycles. The summed E-state index contributed by atoms with van der Waals surface area (Å²) in [5, 5.41) is 0.745. The average molecular weight is 345 g/mol. The molecule has 0 heterocycles. The molecule has 3 rings (SSSR count). The van der Waals surface area contributed by atoms with Crippen molar-refractivity contribution in [1.29, 1.82) is 0 Å². The molecule has 0 saturated carbocycles. The minimum absolute atomic E-state index is 0.689. The lowest BCUT2D eigenvalue weighted by Gasteiger charge is -1.98. The van der Waals surface area contributed by atoms with E-state index in [1.165, 1.54) is 0 Å². The molecule has 0 amide bonds. The molecule has 122 valence electrons. The van der Waals surface area contributed by atoms with Crippen molar-refractivity contribution in [3.8, 4) is 0 Å². The summed E-state index contributed by atoms with van der Waals surface area (Å²) in [6, 6.07) is 23.6. The second kappa shape index (κ2) is 8.27. The van der Waals surface area contributed by atoms with Crippen molar-refractivity contribution in [3.05, 3.63) is 106 Å². The van der Waals surface area contributed by atoms with E-state index in [1.54, 1.807) is 0 Å². The number of halogens is 1. The maximum absolute atomic E-state index is 10.7. The molecule has 25 heavy (non-hydrogen) atoms. The third kappa shape index (κ3) is 5.03. The van der Waals surface area contributed by atoms with Crippen LogP contribution in [0.5, 0.6) is 0 Å². The van der Waals surface area contributed by atoms with E-state index in [1.807, 2.05) is 54.6 Å². The third-order valence-electron chi connectivity index (χ3n) is 3.82. The van der Waals surface area contributed by atoms with Gasteiger partial charge in [-0.3, -0.25) is 4.79 Å². The summed E-state index contributed by atoms with van der Waals surface area (Å²) in [5.41, 5.74) is 5.14. The van der Waals surface area contributed by atoms with Gasteiger partial charge in [0.15, 0.2) is 0 Å². The van der Waals surface area contributed by atoms with E-state index in [0.29, 0.717) is 5.56 Å². The number of benzene rings is 3. The van der Waals surface area contributed by atoms with Crippen molar-refractivity contribution in [3.63, 3.8) is 0 Å². The van der Waals surface area contributed by atoms with E-state index in [2.05, 4.69) is 42.5 Å². The lowest BCUT2D eigenvalue weighted by Crippen LogP contribution is -1.79. The Kier molecular flexibility index (Phi) is 5.61. The van der Waals surface area contributed by atoms with E-state index < -0.39 is 0 Å². The molecule has 3 aromatic rings. The van der Waals surface area contributed by atoms with Crippen LogP contribution in [0.2, 0.25) is 5.02 Å². The highest BCUT2D eigenvalue weighted by molar-refractivity contribution is 6.30. The van der Waals surface area contributed by atoms with Gasteiger partial charge in [0.05, 0.1) is 0 Å². The molecular weight excluding hydrogens is 328 g/mol. The van der Waals surface area contributed by atoms with Gasteiger partial charge < -0.3 is 0 Å². The first-order valence-electron chi connectivity index (χ1n) is 8.00. The molecule has 0 aliphatic rings. The molecule has 0 aromatic heterocycles. The summed E-state index contributed by atoms with van der Waals surface area (Å²) >= 11 is 5.89. The maximum atomic E-state index is 10.7. The van der Waals surface area contributed by atoms with Crippen LogP contribution in [0.15, 0.2) is 72.8 Å². The van der Waals surface area contributed by atoms with Crippen molar-refractivity contribution < 1.29 is 4.79 Å². The van der Waals surface area contributed by atoms with Crippen LogP contribution in [-0.2, 0) is 0 Å². The van der Waals surface area contributed by atoms with Crippen molar-refractivity contribution in [1.82, 2.24) is 0 Å². The largest absolute Gasteiger partial charge is 0.298 e. The van der Waals surface area contributed by atoms with Gasteiger partial charge in [0.1, 0.15) is 6.29 Å². The third-order valence-corrected chi connectivity index (χ3v) is 4.07. The molecule has 3 aromatic carbocycles. The number of carbonyl (C=O) groups excluding carboxylic acids is 1. The first kappa shape index (κ1) is 16.9. The second-order valence-electron chi connectivity index (χ2n) is 5.67. The average Bonchev–Trinajstić information content (AvgIpc) is 2.67. The van der Waals surface area contributed by atoms with E-state index >= 15 is 0 Å². The Labute approximate surface area is 152 Å². The van der Waals surface area contributed by atoms with Gasteiger partial charge in [-0.25, -0.2) is 0 Å². The summed E-state index contributed by atoms with van der Waals surface area (Å²) in [4.78, 5) is 10.7. The Hall–Kier alpha value is -2.90. The Balaban J connectivity index is 1.65. The molecule has 0 aliphatic carbocycles. The van der Waals surface area contributed by atoms with Gasteiger partial charge >= 0.3 is 0 Å². The van der Waals surface area contributed by atoms with E-state index in [-0.39, 0.29) is 0 Å². The van der Waals surface area contributed by atoms with Crippen molar-refractivity contribution >= 4 is 42.2 Å². The molecule has 0 N–H and O–H groups in total. The van der Waals surface area contributed by atoms with Crippen LogP contribution in [-0.4, -0.2) is 6.29 Å². The number of hydrogen-bond acceptors (Lipinski definition) is 1. The van der Waals surface area contributed by atoms with Gasteiger partial charge in [-0.05, 0) is 34.4 Å². The molecule has 0 aliphatic heterocycles. The van der Waals surface area contributed by atoms with Crippen LogP contribution in [0.1, 0.15) is 32.6 Å². The highest BCUT2D eigenvalue weighted by Crippen LogP contribution is 2.14. The quantitative estimate of drug-likeness (QED) is 0.381. The Bertz CT molecular complexity index is 886. The zero-order valence-electron chi connectivity index (χ0n) is 13.6. The van der Waals surface area contributed by atoms with E-state index in [0.717, 1.165) is 33.6 Å². The van der Waals surface area contributed by atoms with Gasteiger partial charge in [0, 0.05) is 10.6 Å².